The summed E-state index contributed by atoms with van der Waals surface area (Å²) in [6.07, 6.45) is -0.165. The molecule has 1 N–H and O–H groups in total. The van der Waals surface area contributed by atoms with Crippen molar-refractivity contribution >= 4 is 44.8 Å². The molecule has 0 aliphatic carbocycles. The highest BCUT2D eigenvalue weighted by Gasteiger charge is 2.17. The maximum atomic E-state index is 11.7. The zero-order valence-corrected chi connectivity index (χ0v) is 12.8. The number of amides is 1. The highest BCUT2D eigenvalue weighted by atomic mass is 35.5. The quantitative estimate of drug-likeness (QED) is 0.903. The van der Waals surface area contributed by atoms with Crippen molar-refractivity contribution in [3.8, 4) is 0 Å². The molecule has 0 radical (unpaired) electrons. The van der Waals surface area contributed by atoms with Crippen molar-refractivity contribution in [1.82, 2.24) is 4.31 Å². The molecule has 0 fully saturated rings. The lowest BCUT2D eigenvalue weighted by atomic mass is 10.3. The van der Waals surface area contributed by atoms with E-state index in [1.807, 2.05) is 0 Å². The number of benzene rings is 1. The third-order valence-electron chi connectivity index (χ3n) is 2.37. The van der Waals surface area contributed by atoms with Crippen LogP contribution in [0.3, 0.4) is 0 Å². The van der Waals surface area contributed by atoms with Crippen LogP contribution in [0.5, 0.6) is 0 Å². The fourth-order valence-electron chi connectivity index (χ4n) is 1.22. The van der Waals surface area contributed by atoms with Crippen LogP contribution >= 0.6 is 23.2 Å². The number of nitrogens with zero attached hydrogens (tertiary/aromatic N) is 1. The van der Waals surface area contributed by atoms with Gasteiger partial charge in [0.2, 0.25) is 15.9 Å². The van der Waals surface area contributed by atoms with Crippen molar-refractivity contribution in [1.29, 1.82) is 0 Å². The number of rotatable bonds is 5. The SMILES string of the molecule is CN(C)S(=O)(=O)CCC(=O)Nc1c(Cl)cccc1Cl. The minimum atomic E-state index is -3.40. The van der Waals surface area contributed by atoms with Gasteiger partial charge in [-0.3, -0.25) is 4.79 Å². The average molecular weight is 325 g/mol. The molecule has 0 bridgehead atoms. The Hall–Kier alpha value is -0.820. The third-order valence-corrected chi connectivity index (χ3v) is 4.83. The predicted octanol–water partition coefficient (Wildman–Crippen LogP) is 2.21. The molecular weight excluding hydrogens is 311 g/mol. The fourth-order valence-corrected chi connectivity index (χ4v) is 2.52. The summed E-state index contributed by atoms with van der Waals surface area (Å²) in [6, 6.07) is 4.82. The minimum absolute atomic E-state index is 0.165. The normalized spacial score (nSPS) is 11.6. The molecule has 0 atom stereocenters. The largest absolute Gasteiger partial charge is 0.324 e. The van der Waals surface area contributed by atoms with Crippen molar-refractivity contribution in [2.75, 3.05) is 25.2 Å². The molecule has 0 spiro atoms. The summed E-state index contributed by atoms with van der Waals surface area (Å²) < 4.78 is 24.1. The molecule has 0 saturated heterocycles. The Bertz CT molecular complexity index is 553. The van der Waals surface area contributed by atoms with Crippen molar-refractivity contribution in [3.05, 3.63) is 28.2 Å². The second-order valence-electron chi connectivity index (χ2n) is 3.99. The summed E-state index contributed by atoms with van der Waals surface area (Å²) in [5.41, 5.74) is 0.290. The van der Waals surface area contributed by atoms with E-state index in [-0.39, 0.29) is 17.9 Å². The first-order valence-electron chi connectivity index (χ1n) is 5.38. The van der Waals surface area contributed by atoms with Gasteiger partial charge >= 0.3 is 0 Å². The topological polar surface area (TPSA) is 66.5 Å². The van der Waals surface area contributed by atoms with E-state index in [0.29, 0.717) is 10.0 Å². The standard InChI is InChI=1S/C11H14Cl2N2O3S/c1-15(2)19(17,18)7-6-10(16)14-11-8(12)4-3-5-9(11)13/h3-5H,6-7H2,1-2H3,(H,14,16). The van der Waals surface area contributed by atoms with E-state index in [2.05, 4.69) is 5.32 Å². The average Bonchev–Trinajstić information content (AvgIpc) is 2.31. The van der Waals surface area contributed by atoms with Gasteiger partial charge in [-0.15, -0.1) is 0 Å². The monoisotopic (exact) mass is 324 g/mol. The van der Waals surface area contributed by atoms with Crippen LogP contribution in [0.4, 0.5) is 5.69 Å². The van der Waals surface area contributed by atoms with Gasteiger partial charge < -0.3 is 5.32 Å². The van der Waals surface area contributed by atoms with Crippen LogP contribution in [0.2, 0.25) is 10.0 Å². The van der Waals surface area contributed by atoms with E-state index in [1.165, 1.54) is 14.1 Å². The van der Waals surface area contributed by atoms with E-state index in [9.17, 15) is 13.2 Å². The fraction of sp³-hybridized carbons (Fsp3) is 0.364. The molecule has 5 nitrogen and oxygen atoms in total. The van der Waals surface area contributed by atoms with Crippen LogP contribution in [-0.2, 0) is 14.8 Å². The van der Waals surface area contributed by atoms with Crippen LogP contribution in [0.1, 0.15) is 6.42 Å². The van der Waals surface area contributed by atoms with Gasteiger partial charge in [0.15, 0.2) is 0 Å². The van der Waals surface area contributed by atoms with Crippen LogP contribution in [-0.4, -0.2) is 38.5 Å². The number of nitrogens with one attached hydrogen (secondary N) is 1. The highest BCUT2D eigenvalue weighted by Crippen LogP contribution is 2.29. The zero-order chi connectivity index (χ0) is 14.6. The molecule has 1 aromatic carbocycles. The summed E-state index contributed by atoms with van der Waals surface area (Å²) in [7, 11) is -0.570. The Kier molecular flexibility index (Phi) is 5.61. The summed E-state index contributed by atoms with van der Waals surface area (Å²) in [5, 5.41) is 3.11. The molecule has 0 unspecified atom stereocenters. The van der Waals surface area contributed by atoms with Gasteiger partial charge in [0, 0.05) is 20.5 Å². The molecule has 0 aliphatic rings. The molecule has 1 rings (SSSR count). The molecule has 0 aliphatic heterocycles. The summed E-state index contributed by atoms with van der Waals surface area (Å²) in [4.78, 5) is 11.7. The summed E-state index contributed by atoms with van der Waals surface area (Å²) >= 11 is 11.8. The number of halogens is 2. The third kappa shape index (κ3) is 4.65. The molecule has 1 amide bonds. The molecule has 0 aromatic heterocycles. The Balaban J connectivity index is 2.67. The molecule has 8 heteroatoms. The van der Waals surface area contributed by atoms with E-state index >= 15 is 0 Å². The second kappa shape index (κ2) is 6.56. The maximum Gasteiger partial charge on any atom is 0.225 e. The lowest BCUT2D eigenvalue weighted by Gasteiger charge is -2.12. The van der Waals surface area contributed by atoms with Crippen molar-refractivity contribution in [3.63, 3.8) is 0 Å². The van der Waals surface area contributed by atoms with Gasteiger partial charge in [-0.25, -0.2) is 12.7 Å². The van der Waals surface area contributed by atoms with Crippen LogP contribution < -0.4 is 5.32 Å². The highest BCUT2D eigenvalue weighted by molar-refractivity contribution is 7.89. The predicted molar refractivity (Wildman–Crippen MR) is 77.2 cm³/mol. The van der Waals surface area contributed by atoms with Crippen molar-refractivity contribution in [2.45, 2.75) is 6.42 Å². The van der Waals surface area contributed by atoms with Gasteiger partial charge in [0.05, 0.1) is 21.5 Å². The van der Waals surface area contributed by atoms with Gasteiger partial charge in [-0.2, -0.15) is 0 Å². The first kappa shape index (κ1) is 16.2. The van der Waals surface area contributed by atoms with Crippen LogP contribution in [0.25, 0.3) is 0 Å². The van der Waals surface area contributed by atoms with Crippen molar-refractivity contribution < 1.29 is 13.2 Å². The molecule has 106 valence electrons. The second-order valence-corrected chi connectivity index (χ2v) is 7.11. The van der Waals surface area contributed by atoms with Crippen molar-refractivity contribution in [2.24, 2.45) is 0 Å². The number of hydrogen-bond donors (Lipinski definition) is 1. The number of hydrogen-bond acceptors (Lipinski definition) is 3. The van der Waals surface area contributed by atoms with Gasteiger partial charge in [0.1, 0.15) is 0 Å². The number of carbonyl (C=O) groups is 1. The molecular formula is C11H14Cl2N2O3S. The van der Waals surface area contributed by atoms with E-state index in [1.54, 1.807) is 18.2 Å². The Morgan fingerprint density at radius 1 is 1.26 bits per heavy atom. The van der Waals surface area contributed by atoms with Crippen LogP contribution in [0.15, 0.2) is 18.2 Å². The minimum Gasteiger partial charge on any atom is -0.324 e. The molecule has 19 heavy (non-hydrogen) atoms. The Morgan fingerprint density at radius 2 is 1.79 bits per heavy atom. The van der Waals surface area contributed by atoms with Gasteiger partial charge in [0.25, 0.3) is 0 Å². The first-order valence-corrected chi connectivity index (χ1v) is 7.74. The van der Waals surface area contributed by atoms with E-state index < -0.39 is 15.9 Å². The number of anilines is 1. The maximum absolute atomic E-state index is 11.7. The Morgan fingerprint density at radius 3 is 2.26 bits per heavy atom. The lowest BCUT2D eigenvalue weighted by molar-refractivity contribution is -0.115. The van der Waals surface area contributed by atoms with E-state index in [4.69, 9.17) is 23.2 Å². The van der Waals surface area contributed by atoms with Gasteiger partial charge in [-0.05, 0) is 12.1 Å². The molecule has 0 heterocycles. The first-order chi connectivity index (χ1) is 8.74. The molecule has 0 saturated carbocycles. The number of sulfonamides is 1. The molecule has 1 aromatic rings. The van der Waals surface area contributed by atoms with Gasteiger partial charge in [-0.1, -0.05) is 29.3 Å². The summed E-state index contributed by atoms with van der Waals surface area (Å²) in [6.45, 7) is 0. The Labute approximate surface area is 122 Å². The van der Waals surface area contributed by atoms with Crippen LogP contribution in [0, 0.1) is 0 Å². The van der Waals surface area contributed by atoms with E-state index in [0.717, 1.165) is 4.31 Å². The lowest BCUT2D eigenvalue weighted by Crippen LogP contribution is -2.27. The smallest absolute Gasteiger partial charge is 0.225 e. The summed E-state index contributed by atoms with van der Waals surface area (Å²) in [5.74, 6) is -0.728. The number of carbonyl (C=O) groups excluding carboxylic acids is 1. The zero-order valence-electron chi connectivity index (χ0n) is 10.5. The number of para-hydroxylation sites is 1.